The van der Waals surface area contributed by atoms with Crippen LogP contribution in [0.3, 0.4) is 0 Å². The van der Waals surface area contributed by atoms with Gasteiger partial charge in [-0.15, -0.1) is 5.54 Å². The number of hydrogen-bond donors (Lipinski definition) is 0. The number of anilines is 2. The van der Waals surface area contributed by atoms with Gasteiger partial charge in [0, 0.05) is 36.4 Å². The number of fused-ring (bicyclic) bond motifs is 1. The van der Waals surface area contributed by atoms with E-state index in [2.05, 4.69) is 58.0 Å². The van der Waals surface area contributed by atoms with E-state index in [9.17, 15) is 9.59 Å². The fourth-order valence-corrected chi connectivity index (χ4v) is 11.9. The molecule has 0 atom stereocenters. The number of ether oxygens (including phenoxy) is 2. The number of nitrogens with zero attached hydrogens (tertiary/aromatic N) is 3. The van der Waals surface area contributed by atoms with Crippen molar-refractivity contribution in [3.05, 3.63) is 46.3 Å². The Morgan fingerprint density at radius 1 is 1.07 bits per heavy atom. The predicted octanol–water partition coefficient (Wildman–Crippen LogP) is 8.13. The first-order valence-electron chi connectivity index (χ1n) is 15.4. The van der Waals surface area contributed by atoms with Crippen molar-refractivity contribution >= 4 is 31.4 Å². The number of amides is 2. The predicted molar refractivity (Wildman–Crippen MR) is 179 cm³/mol. The summed E-state index contributed by atoms with van der Waals surface area (Å²) in [6, 6.07) is 3.93. The lowest BCUT2D eigenvalue weighted by molar-refractivity contribution is -0.116. The van der Waals surface area contributed by atoms with Crippen LogP contribution in [0.4, 0.5) is 16.2 Å². The molecule has 1 aromatic heterocycles. The van der Waals surface area contributed by atoms with E-state index in [4.69, 9.17) is 9.47 Å². The molecule has 2 heterocycles. The second kappa shape index (κ2) is 13.1. The van der Waals surface area contributed by atoms with Gasteiger partial charge in [0.05, 0.1) is 30.7 Å². The maximum Gasteiger partial charge on any atom is 0.415 e. The van der Waals surface area contributed by atoms with Crippen molar-refractivity contribution < 1.29 is 19.1 Å². The molecule has 234 valence electrons. The van der Waals surface area contributed by atoms with Gasteiger partial charge >= 0.3 is 6.09 Å². The lowest BCUT2D eigenvalue weighted by atomic mass is 10.0. The molecule has 2 amide bonds. The Labute approximate surface area is 260 Å². The van der Waals surface area contributed by atoms with Crippen LogP contribution in [0.5, 0.6) is 5.75 Å². The van der Waals surface area contributed by atoms with Gasteiger partial charge in [-0.2, -0.15) is 0 Å². The van der Waals surface area contributed by atoms with Crippen LogP contribution in [0.2, 0.25) is 16.6 Å². The quantitative estimate of drug-likeness (QED) is 0.235. The van der Waals surface area contributed by atoms with E-state index in [1.54, 1.807) is 30.0 Å². The highest BCUT2D eigenvalue weighted by Crippen LogP contribution is 2.42. The maximum atomic E-state index is 13.8. The van der Waals surface area contributed by atoms with E-state index in [1.165, 1.54) is 0 Å². The zero-order valence-electron chi connectivity index (χ0n) is 28.6. The normalized spacial score (nSPS) is 13.3. The number of hydrogen-bond acceptors (Lipinski definition) is 5. The van der Waals surface area contributed by atoms with Crippen molar-refractivity contribution in [2.45, 2.75) is 118 Å². The molecule has 7 nitrogen and oxygen atoms in total. The number of pyridine rings is 1. The Morgan fingerprint density at radius 3 is 2.19 bits per heavy atom. The third-order valence-corrected chi connectivity index (χ3v) is 15.0. The Kier molecular flexibility index (Phi) is 10.4. The molecule has 0 saturated heterocycles. The summed E-state index contributed by atoms with van der Waals surface area (Å²) in [5, 5.41) is 0. The molecule has 1 aromatic carbocycles. The van der Waals surface area contributed by atoms with Crippen LogP contribution in [0.1, 0.15) is 97.2 Å². The molecule has 8 heteroatoms. The molecule has 3 rings (SSSR count). The highest BCUT2D eigenvalue weighted by atomic mass is 28.3. The van der Waals surface area contributed by atoms with Crippen LogP contribution in [-0.2, 0) is 22.5 Å². The summed E-state index contributed by atoms with van der Waals surface area (Å²) < 4.78 is 11.6. The molecular weight excluding hydrogens is 554 g/mol. The summed E-state index contributed by atoms with van der Waals surface area (Å²) in [5.74, 6) is 4.34. The third-order valence-electron chi connectivity index (χ3n) is 8.73. The minimum absolute atomic E-state index is 0.0327. The van der Waals surface area contributed by atoms with Gasteiger partial charge in [-0.1, -0.05) is 47.5 Å². The van der Waals surface area contributed by atoms with E-state index < -0.39 is 19.8 Å². The van der Waals surface area contributed by atoms with Crippen LogP contribution in [0, 0.1) is 25.3 Å². The highest BCUT2D eigenvalue weighted by Gasteiger charge is 2.42. The van der Waals surface area contributed by atoms with Crippen molar-refractivity contribution in [2.75, 3.05) is 23.5 Å². The van der Waals surface area contributed by atoms with Gasteiger partial charge in [0.2, 0.25) is 5.91 Å². The summed E-state index contributed by atoms with van der Waals surface area (Å²) in [6.07, 6.45) is 2.00. The Hall–Kier alpha value is -3.31. The fourth-order valence-electron chi connectivity index (χ4n) is 6.65. The van der Waals surface area contributed by atoms with E-state index in [1.807, 2.05) is 46.8 Å². The van der Waals surface area contributed by atoms with Gasteiger partial charge in [-0.3, -0.25) is 14.7 Å². The molecule has 0 bridgehead atoms. The summed E-state index contributed by atoms with van der Waals surface area (Å²) in [4.78, 5) is 34.6. The first-order chi connectivity index (χ1) is 19.9. The molecule has 0 spiro atoms. The van der Waals surface area contributed by atoms with Gasteiger partial charge in [-0.05, 0) is 75.4 Å². The minimum atomic E-state index is -2.04. The third kappa shape index (κ3) is 7.09. The van der Waals surface area contributed by atoms with Crippen molar-refractivity contribution in [3.8, 4) is 17.2 Å². The average molecular weight is 606 g/mol. The maximum absolute atomic E-state index is 13.8. The first-order valence-corrected chi connectivity index (χ1v) is 17.7. The molecule has 0 radical (unpaired) electrons. The van der Waals surface area contributed by atoms with Crippen molar-refractivity contribution in [3.63, 3.8) is 0 Å². The molecule has 1 aliphatic heterocycles. The van der Waals surface area contributed by atoms with Crippen LogP contribution < -0.4 is 14.5 Å². The molecule has 43 heavy (non-hydrogen) atoms. The summed E-state index contributed by atoms with van der Waals surface area (Å²) in [6.45, 7) is 25.6. The Morgan fingerprint density at radius 2 is 1.67 bits per heavy atom. The number of carbonyl (C=O) groups is 2. The lowest BCUT2D eigenvalue weighted by Gasteiger charge is -2.38. The zero-order valence-corrected chi connectivity index (χ0v) is 29.6. The van der Waals surface area contributed by atoms with E-state index in [0.29, 0.717) is 34.5 Å². The average Bonchev–Trinajstić information content (AvgIpc) is 3.31. The number of methoxy groups -OCH3 is 1. The summed E-state index contributed by atoms with van der Waals surface area (Å²) in [7, 11) is -0.395. The summed E-state index contributed by atoms with van der Waals surface area (Å²) in [5.41, 5.74) is 10.4. The largest absolute Gasteiger partial charge is 0.496 e. The molecule has 2 aromatic rings. The van der Waals surface area contributed by atoms with Gasteiger partial charge in [-0.25, -0.2) is 4.79 Å². The number of rotatable bonds is 7. The summed E-state index contributed by atoms with van der Waals surface area (Å²) >= 11 is 0. The van der Waals surface area contributed by atoms with Crippen LogP contribution in [-0.4, -0.2) is 44.3 Å². The molecule has 0 N–H and O–H groups in total. The zero-order chi connectivity index (χ0) is 32.4. The Bertz CT molecular complexity index is 1410. The van der Waals surface area contributed by atoms with Gasteiger partial charge in [0.15, 0.2) is 0 Å². The van der Waals surface area contributed by atoms with Crippen LogP contribution in [0.15, 0.2) is 18.3 Å². The van der Waals surface area contributed by atoms with Gasteiger partial charge < -0.3 is 14.4 Å². The minimum Gasteiger partial charge on any atom is -0.496 e. The van der Waals surface area contributed by atoms with Crippen molar-refractivity contribution in [1.82, 2.24) is 4.98 Å². The molecular formula is C35H51N3O4Si. The van der Waals surface area contributed by atoms with E-state index in [0.717, 1.165) is 40.1 Å². The van der Waals surface area contributed by atoms with Gasteiger partial charge in [0.25, 0.3) is 0 Å². The number of carbonyl (C=O) groups excluding carboxylic acids is 2. The second-order valence-electron chi connectivity index (χ2n) is 13.7. The smallest absolute Gasteiger partial charge is 0.415 e. The molecule has 0 unspecified atom stereocenters. The first kappa shape index (κ1) is 34.2. The standard InChI is InChI=1S/C35H51N3O4Si/c1-22(2)43(23(3)4,24(5)6)17-15-28-18-29(19-32-30(28)14-16-37(32)27(9)39)38(34(40)42-35(10,11)12)21-31-26(8)33(41-13)25(7)20-36-31/h18-20,22-24H,14,16,21H2,1-13H3. The molecule has 0 fully saturated rings. The monoisotopic (exact) mass is 605 g/mol. The number of benzene rings is 1. The SMILES string of the molecule is COc1c(C)cnc(CN(C(=O)OC(C)(C)C)c2cc(C#C[Si](C(C)C)(C(C)C)C(C)C)c3c(c2)N(C(C)=O)CC3)c1C. The van der Waals surface area contributed by atoms with E-state index >= 15 is 0 Å². The molecule has 0 aliphatic carbocycles. The highest BCUT2D eigenvalue weighted by molar-refractivity contribution is 6.90. The number of aryl methyl sites for hydroxylation is 1. The van der Waals surface area contributed by atoms with Crippen molar-refractivity contribution in [1.29, 1.82) is 0 Å². The van der Waals surface area contributed by atoms with Gasteiger partial charge in [0.1, 0.15) is 19.4 Å². The fraction of sp³-hybridized carbons (Fsp3) is 0.571. The molecule has 0 saturated carbocycles. The van der Waals surface area contributed by atoms with Crippen molar-refractivity contribution in [2.24, 2.45) is 0 Å². The Balaban J connectivity index is 2.30. The topological polar surface area (TPSA) is 72.0 Å². The van der Waals surface area contributed by atoms with Crippen LogP contribution in [0.25, 0.3) is 0 Å². The van der Waals surface area contributed by atoms with Crippen LogP contribution >= 0.6 is 0 Å². The number of aromatic nitrogens is 1. The lowest BCUT2D eigenvalue weighted by Crippen LogP contribution is -2.43. The van der Waals surface area contributed by atoms with E-state index in [-0.39, 0.29) is 12.5 Å². The molecule has 1 aliphatic rings. The second-order valence-corrected chi connectivity index (χ2v) is 19.3.